The van der Waals surface area contributed by atoms with Gasteiger partial charge in [0.2, 0.25) is 0 Å². The maximum atomic E-state index is 12.4. The third kappa shape index (κ3) is 1.79. The van der Waals surface area contributed by atoms with Crippen molar-refractivity contribution in [1.29, 1.82) is 0 Å². The molecule has 0 radical (unpaired) electrons. The summed E-state index contributed by atoms with van der Waals surface area (Å²) in [4.78, 5) is 0. The lowest BCUT2D eigenvalue weighted by Gasteiger charge is -1.85. The van der Waals surface area contributed by atoms with Gasteiger partial charge >= 0.3 is 0 Å². The Hall–Kier alpha value is -0.920. The van der Waals surface area contributed by atoms with Crippen LogP contribution in [0.5, 0.6) is 0 Å². The van der Waals surface area contributed by atoms with Crippen molar-refractivity contribution in [2.24, 2.45) is 0 Å². The second kappa shape index (κ2) is 2.78. The normalized spacial score (nSPS) is 18.9. The van der Waals surface area contributed by atoms with Gasteiger partial charge in [-0.2, -0.15) is 0 Å². The second-order valence-electron chi connectivity index (χ2n) is 2.27. The van der Waals surface area contributed by atoms with E-state index in [4.69, 9.17) is 0 Å². The van der Waals surface area contributed by atoms with Gasteiger partial charge in [0.15, 0.2) is 0 Å². The smallest absolute Gasteiger partial charge is 0.126 e. The largest absolute Gasteiger partial charge is 0.211 e. The van der Waals surface area contributed by atoms with Crippen molar-refractivity contribution in [2.75, 3.05) is 0 Å². The highest BCUT2D eigenvalue weighted by Gasteiger charge is 2.00. The van der Waals surface area contributed by atoms with Gasteiger partial charge in [-0.1, -0.05) is 11.6 Å². The molecule has 0 spiro atoms. The van der Waals surface area contributed by atoms with Crippen LogP contribution >= 0.6 is 0 Å². The zero-order valence-electron chi connectivity index (χ0n) is 5.70. The van der Waals surface area contributed by atoms with Crippen LogP contribution in [0, 0.1) is 0 Å². The van der Waals surface area contributed by atoms with Crippen LogP contribution in [0.25, 0.3) is 0 Å². The minimum atomic E-state index is -0.510. The Morgan fingerprint density at radius 1 is 1.30 bits per heavy atom. The number of rotatable bonds is 0. The summed E-state index contributed by atoms with van der Waals surface area (Å²) in [6, 6.07) is 0. The van der Waals surface area contributed by atoms with E-state index in [1.807, 2.05) is 0 Å². The van der Waals surface area contributed by atoms with Crippen molar-refractivity contribution in [1.82, 2.24) is 0 Å². The monoisotopic (exact) mass is 142 g/mol. The molecule has 0 bridgehead atoms. The van der Waals surface area contributed by atoms with Crippen molar-refractivity contribution in [2.45, 2.75) is 13.3 Å². The highest BCUT2D eigenvalue weighted by atomic mass is 19.1. The number of hydrogen-bond acceptors (Lipinski definition) is 0. The SMILES string of the molecule is CC1=CCC(F)=CC(F)=C1. The number of hydrogen-bond donors (Lipinski definition) is 0. The molecule has 1 aliphatic carbocycles. The predicted molar refractivity (Wildman–Crippen MR) is 36.8 cm³/mol. The van der Waals surface area contributed by atoms with Gasteiger partial charge in [-0.15, -0.1) is 0 Å². The van der Waals surface area contributed by atoms with Crippen molar-refractivity contribution in [3.63, 3.8) is 0 Å². The molecule has 1 aliphatic rings. The molecule has 54 valence electrons. The highest BCUT2D eigenvalue weighted by Crippen LogP contribution is 2.17. The van der Waals surface area contributed by atoms with Crippen molar-refractivity contribution < 1.29 is 8.78 Å². The standard InChI is InChI=1S/C8H8F2/c1-6-2-3-7(9)5-8(10)4-6/h2,4-5H,3H2,1H3. The minimum Gasteiger partial charge on any atom is -0.211 e. The summed E-state index contributed by atoms with van der Waals surface area (Å²) >= 11 is 0. The van der Waals surface area contributed by atoms with Crippen molar-refractivity contribution in [3.05, 3.63) is 35.5 Å². The Bertz CT molecular complexity index is 221. The van der Waals surface area contributed by atoms with Crippen molar-refractivity contribution in [3.8, 4) is 0 Å². The Labute approximate surface area is 58.6 Å². The van der Waals surface area contributed by atoms with Crippen LogP contribution in [0.15, 0.2) is 35.5 Å². The molecule has 0 fully saturated rings. The summed E-state index contributed by atoms with van der Waals surface area (Å²) in [6.45, 7) is 1.74. The van der Waals surface area contributed by atoms with Crippen LogP contribution in [0.3, 0.4) is 0 Å². The molecule has 10 heavy (non-hydrogen) atoms. The quantitative estimate of drug-likeness (QED) is 0.487. The Balaban J connectivity index is 2.90. The summed E-state index contributed by atoms with van der Waals surface area (Å²) < 4.78 is 24.9. The average molecular weight is 142 g/mol. The molecule has 0 aromatic carbocycles. The van der Waals surface area contributed by atoms with E-state index in [2.05, 4.69) is 0 Å². The van der Waals surface area contributed by atoms with Gasteiger partial charge in [-0.05, 0) is 13.0 Å². The van der Waals surface area contributed by atoms with Crippen LogP contribution in [0.4, 0.5) is 8.78 Å². The first-order valence-corrected chi connectivity index (χ1v) is 3.08. The van der Waals surface area contributed by atoms with E-state index < -0.39 is 11.7 Å². The zero-order chi connectivity index (χ0) is 7.56. The Morgan fingerprint density at radius 2 is 2.00 bits per heavy atom. The summed E-state index contributed by atoms with van der Waals surface area (Å²) in [5.41, 5.74) is 0.765. The summed E-state index contributed by atoms with van der Waals surface area (Å²) in [6.07, 6.45) is 4.08. The first-order valence-electron chi connectivity index (χ1n) is 3.08. The van der Waals surface area contributed by atoms with E-state index in [1.165, 1.54) is 6.08 Å². The topological polar surface area (TPSA) is 0 Å². The van der Waals surface area contributed by atoms with Crippen LogP contribution in [0.2, 0.25) is 0 Å². The van der Waals surface area contributed by atoms with Crippen LogP contribution in [-0.4, -0.2) is 0 Å². The van der Waals surface area contributed by atoms with E-state index in [1.54, 1.807) is 13.0 Å². The number of halogens is 2. The maximum Gasteiger partial charge on any atom is 0.126 e. The van der Waals surface area contributed by atoms with Gasteiger partial charge in [0.1, 0.15) is 11.7 Å². The van der Waals surface area contributed by atoms with Gasteiger partial charge < -0.3 is 0 Å². The molecule has 0 aromatic rings. The molecular formula is C8H8F2. The first-order chi connectivity index (χ1) is 4.68. The average Bonchev–Trinajstić information content (AvgIpc) is 1.93. The molecular weight excluding hydrogens is 134 g/mol. The molecule has 0 aliphatic heterocycles. The molecule has 1 rings (SSSR count). The lowest BCUT2D eigenvalue weighted by atomic mass is 10.2. The molecule has 0 saturated carbocycles. The Kier molecular flexibility index (Phi) is 2.00. The molecule has 0 unspecified atom stereocenters. The number of allylic oxidation sites excluding steroid dienone is 6. The molecule has 0 amide bonds. The third-order valence-electron chi connectivity index (χ3n) is 1.28. The molecule has 0 atom stereocenters. The van der Waals surface area contributed by atoms with E-state index >= 15 is 0 Å². The van der Waals surface area contributed by atoms with Gasteiger partial charge in [-0.3, -0.25) is 0 Å². The van der Waals surface area contributed by atoms with E-state index in [-0.39, 0.29) is 6.42 Å². The lowest BCUT2D eigenvalue weighted by Crippen LogP contribution is -1.67. The third-order valence-corrected chi connectivity index (χ3v) is 1.28. The molecule has 0 saturated heterocycles. The molecule has 0 N–H and O–H groups in total. The molecule has 0 nitrogen and oxygen atoms in total. The van der Waals surface area contributed by atoms with Gasteiger partial charge in [0, 0.05) is 12.5 Å². The fourth-order valence-electron chi connectivity index (χ4n) is 0.785. The van der Waals surface area contributed by atoms with Crippen LogP contribution in [-0.2, 0) is 0 Å². The summed E-state index contributed by atoms with van der Waals surface area (Å²) in [7, 11) is 0. The van der Waals surface area contributed by atoms with E-state index in [9.17, 15) is 8.78 Å². The van der Waals surface area contributed by atoms with E-state index in [0.29, 0.717) is 0 Å². The maximum absolute atomic E-state index is 12.4. The first kappa shape index (κ1) is 7.19. The van der Waals surface area contributed by atoms with Crippen molar-refractivity contribution >= 4 is 0 Å². The zero-order valence-corrected chi connectivity index (χ0v) is 5.70. The van der Waals surface area contributed by atoms with Crippen LogP contribution in [0.1, 0.15) is 13.3 Å². The second-order valence-corrected chi connectivity index (χ2v) is 2.27. The molecule has 0 aromatic heterocycles. The Morgan fingerprint density at radius 3 is 2.70 bits per heavy atom. The predicted octanol–water partition coefficient (Wildman–Crippen LogP) is 3.04. The fourth-order valence-corrected chi connectivity index (χ4v) is 0.785. The molecule has 2 heteroatoms. The molecule has 0 heterocycles. The summed E-state index contributed by atoms with van der Waals surface area (Å²) in [5.74, 6) is -0.936. The van der Waals surface area contributed by atoms with Gasteiger partial charge in [0.25, 0.3) is 0 Å². The van der Waals surface area contributed by atoms with E-state index in [0.717, 1.165) is 11.6 Å². The minimum absolute atomic E-state index is 0.204. The highest BCUT2D eigenvalue weighted by molar-refractivity contribution is 5.30. The van der Waals surface area contributed by atoms with Gasteiger partial charge in [0.05, 0.1) is 0 Å². The van der Waals surface area contributed by atoms with Gasteiger partial charge in [-0.25, -0.2) is 8.78 Å². The summed E-state index contributed by atoms with van der Waals surface area (Å²) in [5, 5.41) is 0. The van der Waals surface area contributed by atoms with Crippen LogP contribution < -0.4 is 0 Å². The lowest BCUT2D eigenvalue weighted by molar-refractivity contribution is 0.600. The fraction of sp³-hybridized carbons (Fsp3) is 0.250.